The second-order valence-electron chi connectivity index (χ2n) is 8.02. The third-order valence-corrected chi connectivity index (χ3v) is 6.37. The molecule has 4 rings (SSSR count). The summed E-state index contributed by atoms with van der Waals surface area (Å²) in [6, 6.07) is 12.6. The number of halogens is 1. The minimum absolute atomic E-state index is 0.178. The van der Waals surface area contributed by atoms with Crippen LogP contribution in [0.5, 0.6) is 5.75 Å². The second-order valence-corrected chi connectivity index (χ2v) is 8.80. The van der Waals surface area contributed by atoms with Crippen LogP contribution in [0.3, 0.4) is 0 Å². The number of ether oxygens (including phenoxy) is 1. The number of carbonyl (C=O) groups excluding carboxylic acids is 1. The van der Waals surface area contributed by atoms with E-state index in [2.05, 4.69) is 0 Å². The average molecular weight is 454 g/mol. The lowest BCUT2D eigenvalue weighted by atomic mass is 9.89. The van der Waals surface area contributed by atoms with E-state index in [4.69, 9.17) is 4.74 Å². The van der Waals surface area contributed by atoms with Crippen LogP contribution >= 0.6 is 11.3 Å². The lowest BCUT2D eigenvalue weighted by Crippen LogP contribution is -2.32. The van der Waals surface area contributed by atoms with Crippen molar-refractivity contribution in [2.75, 3.05) is 12.0 Å². The summed E-state index contributed by atoms with van der Waals surface area (Å²) in [7, 11) is 1.41. The van der Waals surface area contributed by atoms with Gasteiger partial charge in [0, 0.05) is 22.9 Å². The molecule has 0 radical (unpaired) electrons. The number of thiophene rings is 1. The molecule has 0 spiro atoms. The van der Waals surface area contributed by atoms with Gasteiger partial charge in [-0.1, -0.05) is 26.0 Å². The summed E-state index contributed by atoms with van der Waals surface area (Å²) in [5.74, 6) is -1.63. The van der Waals surface area contributed by atoms with E-state index in [0.717, 1.165) is 11.1 Å². The van der Waals surface area contributed by atoms with Crippen LogP contribution in [0.25, 0.3) is 11.1 Å². The minimum atomic E-state index is -1.08. The Kier molecular flexibility index (Phi) is 6.04. The quantitative estimate of drug-likeness (QED) is 0.519. The maximum Gasteiger partial charge on any atom is 0.294 e. The number of methoxy groups -OCH3 is 1. The highest BCUT2D eigenvalue weighted by atomic mass is 32.1. The summed E-state index contributed by atoms with van der Waals surface area (Å²) in [5, 5.41) is 25.7. The first kappa shape index (κ1) is 22.0. The van der Waals surface area contributed by atoms with Crippen LogP contribution in [-0.2, 0) is 4.79 Å². The van der Waals surface area contributed by atoms with Gasteiger partial charge in [0.25, 0.3) is 5.91 Å². The summed E-state index contributed by atoms with van der Waals surface area (Å²) in [6.45, 7) is 3.60. The maximum absolute atomic E-state index is 13.9. The normalized spacial score (nSPS) is 17.4. The zero-order valence-corrected chi connectivity index (χ0v) is 18.8. The van der Waals surface area contributed by atoms with E-state index in [1.165, 1.54) is 30.2 Å². The van der Waals surface area contributed by atoms with Crippen LogP contribution in [0.1, 0.15) is 25.5 Å². The second kappa shape index (κ2) is 8.76. The maximum atomic E-state index is 13.9. The van der Waals surface area contributed by atoms with Gasteiger partial charge >= 0.3 is 0 Å². The predicted molar refractivity (Wildman–Crippen MR) is 123 cm³/mol. The molecule has 0 saturated carbocycles. The molecule has 2 atom stereocenters. The molecule has 0 saturated heterocycles. The van der Waals surface area contributed by atoms with Crippen molar-refractivity contribution >= 4 is 22.9 Å². The number of nitrogens with zero attached hydrogens (tertiary/aromatic N) is 1. The van der Waals surface area contributed by atoms with Crippen LogP contribution in [0.4, 0.5) is 10.1 Å². The molecular formula is C25H24FNO4S. The van der Waals surface area contributed by atoms with E-state index >= 15 is 0 Å². The summed E-state index contributed by atoms with van der Waals surface area (Å²) in [5.41, 5.74) is 3.27. The smallest absolute Gasteiger partial charge is 0.294 e. The largest absolute Gasteiger partial charge is 0.503 e. The van der Waals surface area contributed by atoms with Gasteiger partial charge in [-0.25, -0.2) is 4.39 Å². The van der Waals surface area contributed by atoms with Crippen LogP contribution < -0.4 is 9.64 Å². The number of aliphatic hydroxyl groups is 2. The molecule has 32 heavy (non-hydrogen) atoms. The van der Waals surface area contributed by atoms with Gasteiger partial charge in [0.1, 0.15) is 11.6 Å². The number of hydrogen-bond donors (Lipinski definition) is 2. The van der Waals surface area contributed by atoms with Gasteiger partial charge in [0.15, 0.2) is 5.76 Å². The van der Waals surface area contributed by atoms with Crippen LogP contribution in [-0.4, -0.2) is 29.3 Å². The van der Waals surface area contributed by atoms with Crippen molar-refractivity contribution in [2.24, 2.45) is 5.92 Å². The molecule has 3 aromatic rings. The number of aliphatic hydroxyl groups excluding tert-OH is 2. The number of anilines is 1. The highest BCUT2D eigenvalue weighted by Gasteiger charge is 2.45. The summed E-state index contributed by atoms with van der Waals surface area (Å²) >= 11 is 1.60. The van der Waals surface area contributed by atoms with Crippen LogP contribution in [0.15, 0.2) is 70.6 Å². The summed E-state index contributed by atoms with van der Waals surface area (Å²) in [4.78, 5) is 14.6. The number of rotatable bonds is 6. The van der Waals surface area contributed by atoms with E-state index in [0.29, 0.717) is 11.3 Å². The molecular weight excluding hydrogens is 429 g/mol. The first-order valence-corrected chi connectivity index (χ1v) is 11.2. The van der Waals surface area contributed by atoms with E-state index in [1.54, 1.807) is 37.3 Å². The Morgan fingerprint density at radius 3 is 2.41 bits per heavy atom. The van der Waals surface area contributed by atoms with Crippen molar-refractivity contribution in [3.05, 3.63) is 82.0 Å². The molecule has 2 N–H and O–H groups in total. The van der Waals surface area contributed by atoms with E-state index in [9.17, 15) is 19.4 Å². The van der Waals surface area contributed by atoms with Gasteiger partial charge in [-0.3, -0.25) is 9.69 Å². The van der Waals surface area contributed by atoms with E-state index in [-0.39, 0.29) is 17.2 Å². The number of carbonyl (C=O) groups is 1. The Hall–Kier alpha value is -3.16. The Labute approximate surface area is 190 Å². The van der Waals surface area contributed by atoms with Crippen molar-refractivity contribution < 1.29 is 24.1 Å². The highest BCUT2D eigenvalue weighted by molar-refractivity contribution is 7.08. The third-order valence-electron chi connectivity index (χ3n) is 5.69. The van der Waals surface area contributed by atoms with Gasteiger partial charge < -0.3 is 14.9 Å². The molecule has 7 heteroatoms. The minimum Gasteiger partial charge on any atom is -0.503 e. The van der Waals surface area contributed by atoms with Crippen molar-refractivity contribution in [3.63, 3.8) is 0 Å². The molecule has 1 aromatic heterocycles. The van der Waals surface area contributed by atoms with Crippen molar-refractivity contribution in [1.29, 1.82) is 0 Å². The molecule has 166 valence electrons. The van der Waals surface area contributed by atoms with Gasteiger partial charge in [-0.2, -0.15) is 11.3 Å². The average Bonchev–Trinajstić information content (AvgIpc) is 3.41. The van der Waals surface area contributed by atoms with Gasteiger partial charge in [-0.05, 0) is 58.1 Å². The fraction of sp³-hybridized carbons (Fsp3) is 0.240. The molecule has 1 amide bonds. The Morgan fingerprint density at radius 1 is 1.09 bits per heavy atom. The molecule has 5 nitrogen and oxygen atoms in total. The fourth-order valence-corrected chi connectivity index (χ4v) is 4.68. The fourth-order valence-electron chi connectivity index (χ4n) is 4.01. The summed E-state index contributed by atoms with van der Waals surface area (Å²) in [6.07, 6.45) is -1.08. The summed E-state index contributed by atoms with van der Waals surface area (Å²) < 4.78 is 19.3. The lowest BCUT2D eigenvalue weighted by molar-refractivity contribution is -0.117. The molecule has 2 unspecified atom stereocenters. The molecule has 2 heterocycles. The monoisotopic (exact) mass is 453 g/mol. The van der Waals surface area contributed by atoms with Gasteiger partial charge in [0.2, 0.25) is 0 Å². The Balaban J connectivity index is 1.85. The van der Waals surface area contributed by atoms with Crippen molar-refractivity contribution in [3.8, 4) is 16.9 Å². The van der Waals surface area contributed by atoms with E-state index in [1.807, 2.05) is 29.0 Å². The molecule has 0 aliphatic carbocycles. The molecule has 1 aliphatic rings. The lowest BCUT2D eigenvalue weighted by Gasteiger charge is -2.30. The van der Waals surface area contributed by atoms with Gasteiger partial charge in [-0.15, -0.1) is 0 Å². The molecule has 2 aromatic carbocycles. The van der Waals surface area contributed by atoms with Crippen LogP contribution in [0, 0.1) is 11.7 Å². The SMILES string of the molecule is COc1cc(F)ccc1C1C(C(O)C(C)C)=C(O)C(=O)N1c1ccc(-c2ccsc2)cc1. The number of amides is 1. The predicted octanol–water partition coefficient (Wildman–Crippen LogP) is 5.48. The topological polar surface area (TPSA) is 70.0 Å². The first-order chi connectivity index (χ1) is 15.3. The Bertz CT molecular complexity index is 1160. The molecule has 0 bridgehead atoms. The van der Waals surface area contributed by atoms with Gasteiger partial charge in [0.05, 0.1) is 19.3 Å². The first-order valence-electron chi connectivity index (χ1n) is 10.2. The Morgan fingerprint density at radius 2 is 1.81 bits per heavy atom. The zero-order chi connectivity index (χ0) is 23.0. The molecule has 0 fully saturated rings. The zero-order valence-electron chi connectivity index (χ0n) is 17.9. The number of hydrogen-bond acceptors (Lipinski definition) is 5. The third kappa shape index (κ3) is 3.78. The van der Waals surface area contributed by atoms with E-state index < -0.39 is 29.6 Å². The van der Waals surface area contributed by atoms with Crippen molar-refractivity contribution in [2.45, 2.75) is 26.0 Å². The van der Waals surface area contributed by atoms with Crippen molar-refractivity contribution in [1.82, 2.24) is 0 Å². The standard InChI is InChI=1S/C25H24FNO4S/c1-14(2)23(28)21-22(19-9-6-17(26)12-20(19)31-3)27(25(30)24(21)29)18-7-4-15(5-8-18)16-10-11-32-13-16/h4-14,22-23,28-29H,1-3H3. The molecule has 1 aliphatic heterocycles. The van der Waals surface area contributed by atoms with Crippen LogP contribution in [0.2, 0.25) is 0 Å². The highest BCUT2D eigenvalue weighted by Crippen LogP contribution is 2.46. The number of benzene rings is 2.